The number of thiocarbonyl (C=S) groups is 1. The average Bonchev–Trinajstić information content (AvgIpc) is 2.37. The van der Waals surface area contributed by atoms with Gasteiger partial charge < -0.3 is 10.5 Å². The Morgan fingerprint density at radius 3 is 2.47 bits per heavy atom. The quantitative estimate of drug-likeness (QED) is 0.829. The van der Waals surface area contributed by atoms with Gasteiger partial charge in [0.2, 0.25) is 0 Å². The van der Waals surface area contributed by atoms with E-state index < -0.39 is 0 Å². The van der Waals surface area contributed by atoms with Gasteiger partial charge >= 0.3 is 0 Å². The molecule has 0 aliphatic rings. The van der Waals surface area contributed by atoms with Crippen molar-refractivity contribution in [2.45, 2.75) is 6.61 Å². The predicted octanol–water partition coefficient (Wildman–Crippen LogP) is 4.32. The Kier molecular flexibility index (Phi) is 4.80. The van der Waals surface area contributed by atoms with Crippen LogP contribution in [0.25, 0.3) is 0 Å². The molecule has 98 valence electrons. The van der Waals surface area contributed by atoms with Crippen molar-refractivity contribution in [2.75, 3.05) is 0 Å². The van der Waals surface area contributed by atoms with Crippen LogP contribution >= 0.6 is 39.7 Å². The van der Waals surface area contributed by atoms with Crippen LogP contribution in [0.1, 0.15) is 11.1 Å². The second kappa shape index (κ2) is 6.37. The summed E-state index contributed by atoms with van der Waals surface area (Å²) >= 11 is 14.4. The second-order valence-electron chi connectivity index (χ2n) is 3.92. The fourth-order valence-electron chi connectivity index (χ4n) is 1.53. The van der Waals surface area contributed by atoms with Crippen molar-refractivity contribution in [3.63, 3.8) is 0 Å². The molecule has 0 radical (unpaired) electrons. The highest BCUT2D eigenvalue weighted by Crippen LogP contribution is 2.23. The van der Waals surface area contributed by atoms with E-state index in [0.717, 1.165) is 10.0 Å². The summed E-state index contributed by atoms with van der Waals surface area (Å²) < 4.78 is 6.71. The van der Waals surface area contributed by atoms with Gasteiger partial charge in [0.05, 0.1) is 5.02 Å². The Morgan fingerprint density at radius 1 is 1.21 bits per heavy atom. The Bertz CT molecular complexity index is 601. The first kappa shape index (κ1) is 14.3. The van der Waals surface area contributed by atoms with E-state index in [1.54, 1.807) is 18.2 Å². The molecular weight excluding hydrogens is 346 g/mol. The van der Waals surface area contributed by atoms with Crippen molar-refractivity contribution in [3.8, 4) is 5.75 Å². The molecule has 2 rings (SSSR count). The predicted molar refractivity (Wildman–Crippen MR) is 85.8 cm³/mol. The van der Waals surface area contributed by atoms with Crippen molar-refractivity contribution in [2.24, 2.45) is 5.73 Å². The molecule has 2 aromatic rings. The summed E-state index contributed by atoms with van der Waals surface area (Å²) in [4.78, 5) is 0.282. The zero-order valence-electron chi connectivity index (χ0n) is 9.90. The molecule has 19 heavy (non-hydrogen) atoms. The number of ether oxygens (including phenoxy) is 1. The third-order valence-electron chi connectivity index (χ3n) is 2.52. The van der Waals surface area contributed by atoms with Gasteiger partial charge in [0, 0.05) is 10.0 Å². The minimum atomic E-state index is 0.282. The monoisotopic (exact) mass is 355 g/mol. The van der Waals surface area contributed by atoms with Crippen LogP contribution in [-0.2, 0) is 6.61 Å². The number of hydrogen-bond donors (Lipinski definition) is 1. The molecular formula is C14H11BrClNOS. The first-order chi connectivity index (χ1) is 9.06. The fraction of sp³-hybridized carbons (Fsp3) is 0.0714. The summed E-state index contributed by atoms with van der Waals surface area (Å²) in [6.45, 7) is 0.482. The molecule has 2 N–H and O–H groups in total. The maximum absolute atomic E-state index is 6.07. The van der Waals surface area contributed by atoms with Crippen LogP contribution in [-0.4, -0.2) is 4.99 Å². The lowest BCUT2D eigenvalue weighted by atomic mass is 10.2. The third kappa shape index (κ3) is 3.93. The second-order valence-corrected chi connectivity index (χ2v) is 5.68. The summed E-state index contributed by atoms with van der Waals surface area (Å²) in [7, 11) is 0. The van der Waals surface area contributed by atoms with Gasteiger partial charge in [0.25, 0.3) is 0 Å². The Balaban J connectivity index is 2.06. The van der Waals surface area contributed by atoms with Gasteiger partial charge in [-0.05, 0) is 35.9 Å². The lowest BCUT2D eigenvalue weighted by Crippen LogP contribution is -2.09. The highest BCUT2D eigenvalue weighted by atomic mass is 79.9. The van der Waals surface area contributed by atoms with Crippen LogP contribution in [0, 0.1) is 0 Å². The van der Waals surface area contributed by atoms with Gasteiger partial charge in [-0.2, -0.15) is 0 Å². The number of rotatable bonds is 4. The maximum Gasteiger partial charge on any atom is 0.121 e. The summed E-state index contributed by atoms with van der Waals surface area (Å²) in [5, 5.41) is 0.501. The van der Waals surface area contributed by atoms with Crippen LogP contribution in [0.5, 0.6) is 5.75 Å². The van der Waals surface area contributed by atoms with Crippen LogP contribution in [0.4, 0.5) is 0 Å². The van der Waals surface area contributed by atoms with Crippen molar-refractivity contribution >= 4 is 44.7 Å². The van der Waals surface area contributed by atoms with E-state index in [0.29, 0.717) is 22.9 Å². The molecule has 5 heteroatoms. The number of hydrogen-bond acceptors (Lipinski definition) is 2. The van der Waals surface area contributed by atoms with E-state index in [9.17, 15) is 0 Å². The zero-order chi connectivity index (χ0) is 13.8. The topological polar surface area (TPSA) is 35.2 Å². The minimum Gasteiger partial charge on any atom is -0.489 e. The van der Waals surface area contributed by atoms with E-state index >= 15 is 0 Å². The molecule has 0 saturated heterocycles. The Labute approximate surface area is 130 Å². The van der Waals surface area contributed by atoms with Crippen LogP contribution in [0.15, 0.2) is 46.9 Å². The van der Waals surface area contributed by atoms with E-state index in [1.807, 2.05) is 24.3 Å². The lowest BCUT2D eigenvalue weighted by Gasteiger charge is -2.08. The highest BCUT2D eigenvalue weighted by Gasteiger charge is 2.05. The van der Waals surface area contributed by atoms with Gasteiger partial charge in [0.1, 0.15) is 17.3 Å². The fourth-order valence-corrected chi connectivity index (χ4v) is 2.30. The molecule has 2 nitrogen and oxygen atoms in total. The molecule has 0 bridgehead atoms. The average molecular weight is 357 g/mol. The van der Waals surface area contributed by atoms with Crippen LogP contribution < -0.4 is 10.5 Å². The standard InChI is InChI=1S/C14H11BrClNOS/c15-10-3-1-9(2-4-10)8-18-11-5-6-12(14(17)19)13(16)7-11/h1-7H,8H2,(H2,17,19). The third-order valence-corrected chi connectivity index (χ3v) is 3.59. The summed E-state index contributed by atoms with van der Waals surface area (Å²) in [5.74, 6) is 0.688. The van der Waals surface area contributed by atoms with Gasteiger partial charge in [-0.15, -0.1) is 0 Å². The first-order valence-electron chi connectivity index (χ1n) is 5.53. The van der Waals surface area contributed by atoms with Crippen molar-refractivity contribution in [3.05, 3.63) is 63.1 Å². The summed E-state index contributed by atoms with van der Waals surface area (Å²) in [5.41, 5.74) is 7.29. The zero-order valence-corrected chi connectivity index (χ0v) is 13.1. The minimum absolute atomic E-state index is 0.282. The van der Waals surface area contributed by atoms with Gasteiger partial charge in [-0.1, -0.05) is 51.9 Å². The molecule has 0 aliphatic carbocycles. The Morgan fingerprint density at radius 2 is 1.89 bits per heavy atom. The number of nitrogens with two attached hydrogens (primary N) is 1. The van der Waals surface area contributed by atoms with Gasteiger partial charge in [-0.25, -0.2) is 0 Å². The first-order valence-corrected chi connectivity index (χ1v) is 7.11. The Hall–Kier alpha value is -1.10. The lowest BCUT2D eigenvalue weighted by molar-refractivity contribution is 0.306. The summed E-state index contributed by atoms with van der Waals surface area (Å²) in [6.07, 6.45) is 0. The SMILES string of the molecule is NC(=S)c1ccc(OCc2ccc(Br)cc2)cc1Cl. The van der Waals surface area contributed by atoms with Crippen LogP contribution in [0.3, 0.4) is 0 Å². The van der Waals surface area contributed by atoms with Crippen molar-refractivity contribution in [1.82, 2.24) is 0 Å². The molecule has 0 unspecified atom stereocenters. The van der Waals surface area contributed by atoms with E-state index in [-0.39, 0.29) is 4.99 Å². The van der Waals surface area contributed by atoms with E-state index in [2.05, 4.69) is 15.9 Å². The normalized spacial score (nSPS) is 10.2. The molecule has 0 aliphatic heterocycles. The molecule has 0 heterocycles. The maximum atomic E-state index is 6.07. The number of benzene rings is 2. The largest absolute Gasteiger partial charge is 0.489 e. The highest BCUT2D eigenvalue weighted by molar-refractivity contribution is 9.10. The van der Waals surface area contributed by atoms with Crippen molar-refractivity contribution < 1.29 is 4.74 Å². The number of halogens is 2. The van der Waals surface area contributed by atoms with E-state index in [4.69, 9.17) is 34.3 Å². The smallest absolute Gasteiger partial charge is 0.121 e. The molecule has 0 atom stereocenters. The molecule has 2 aromatic carbocycles. The molecule has 0 aromatic heterocycles. The molecule has 0 fully saturated rings. The molecule has 0 amide bonds. The van der Waals surface area contributed by atoms with Gasteiger partial charge in [-0.3, -0.25) is 0 Å². The molecule has 0 saturated carbocycles. The van der Waals surface area contributed by atoms with E-state index in [1.165, 1.54) is 0 Å². The summed E-state index contributed by atoms with van der Waals surface area (Å²) in [6, 6.07) is 13.2. The molecule has 0 spiro atoms. The van der Waals surface area contributed by atoms with Gasteiger partial charge in [0.15, 0.2) is 0 Å². The van der Waals surface area contributed by atoms with Crippen molar-refractivity contribution in [1.29, 1.82) is 0 Å². The van der Waals surface area contributed by atoms with Crippen LogP contribution in [0.2, 0.25) is 5.02 Å².